The van der Waals surface area contributed by atoms with Crippen LogP contribution in [0.25, 0.3) is 0 Å². The highest BCUT2D eigenvalue weighted by Gasteiger charge is 2.11. The molecule has 0 aliphatic heterocycles. The lowest BCUT2D eigenvalue weighted by Crippen LogP contribution is -2.23. The quantitative estimate of drug-likeness (QED) is 0.762. The minimum atomic E-state index is 0.350. The summed E-state index contributed by atoms with van der Waals surface area (Å²) in [5.74, 6) is 1.44. The number of anilines is 1. The van der Waals surface area contributed by atoms with Crippen molar-refractivity contribution in [1.29, 1.82) is 0 Å². The molecule has 1 heterocycles. The average molecular weight is 224 g/mol. The van der Waals surface area contributed by atoms with E-state index < -0.39 is 0 Å². The van der Waals surface area contributed by atoms with E-state index in [2.05, 4.69) is 22.2 Å². The van der Waals surface area contributed by atoms with Crippen molar-refractivity contribution in [3.63, 3.8) is 0 Å². The van der Waals surface area contributed by atoms with Crippen LogP contribution in [-0.4, -0.2) is 29.7 Å². The van der Waals surface area contributed by atoms with Crippen LogP contribution in [0.2, 0.25) is 0 Å². The number of ether oxygens (including phenoxy) is 1. The SMILES string of the molecule is CCC(CCN)Nc1ncnc(OC)c1C. The maximum Gasteiger partial charge on any atom is 0.221 e. The molecule has 5 nitrogen and oxygen atoms in total. The van der Waals surface area contributed by atoms with Gasteiger partial charge in [-0.15, -0.1) is 0 Å². The third-order valence-corrected chi connectivity index (χ3v) is 2.58. The first-order valence-corrected chi connectivity index (χ1v) is 5.55. The van der Waals surface area contributed by atoms with E-state index >= 15 is 0 Å². The molecule has 0 radical (unpaired) electrons. The molecule has 0 amide bonds. The summed E-state index contributed by atoms with van der Waals surface area (Å²) in [7, 11) is 1.61. The molecular weight excluding hydrogens is 204 g/mol. The van der Waals surface area contributed by atoms with Crippen molar-refractivity contribution >= 4 is 5.82 Å². The molecule has 1 aromatic rings. The lowest BCUT2D eigenvalue weighted by atomic mass is 10.1. The fraction of sp³-hybridized carbons (Fsp3) is 0.636. The second kappa shape index (κ2) is 6.27. The molecule has 90 valence electrons. The van der Waals surface area contributed by atoms with E-state index in [4.69, 9.17) is 10.5 Å². The van der Waals surface area contributed by atoms with Crippen LogP contribution in [0, 0.1) is 6.92 Å². The summed E-state index contributed by atoms with van der Waals surface area (Å²) in [6, 6.07) is 0.350. The highest BCUT2D eigenvalue weighted by Crippen LogP contribution is 2.21. The molecule has 1 rings (SSSR count). The summed E-state index contributed by atoms with van der Waals surface area (Å²) in [5.41, 5.74) is 6.49. The van der Waals surface area contributed by atoms with Crippen LogP contribution >= 0.6 is 0 Å². The van der Waals surface area contributed by atoms with E-state index in [9.17, 15) is 0 Å². The second-order valence-corrected chi connectivity index (χ2v) is 3.68. The lowest BCUT2D eigenvalue weighted by Gasteiger charge is -2.18. The fourth-order valence-electron chi connectivity index (χ4n) is 1.56. The minimum absolute atomic E-state index is 0.350. The summed E-state index contributed by atoms with van der Waals surface area (Å²) in [4.78, 5) is 8.25. The predicted octanol–water partition coefficient (Wildman–Crippen LogP) is 1.33. The van der Waals surface area contributed by atoms with E-state index in [-0.39, 0.29) is 0 Å². The molecule has 0 spiro atoms. The Kier molecular flexibility index (Phi) is 4.98. The zero-order valence-corrected chi connectivity index (χ0v) is 10.2. The Morgan fingerprint density at radius 3 is 2.81 bits per heavy atom. The monoisotopic (exact) mass is 224 g/mol. The lowest BCUT2D eigenvalue weighted by molar-refractivity contribution is 0.393. The molecular formula is C11H20N4O. The third-order valence-electron chi connectivity index (χ3n) is 2.58. The first-order valence-electron chi connectivity index (χ1n) is 5.55. The Labute approximate surface area is 96.4 Å². The summed E-state index contributed by atoms with van der Waals surface area (Å²) in [6.07, 6.45) is 3.45. The first kappa shape index (κ1) is 12.7. The number of hydrogen-bond donors (Lipinski definition) is 2. The fourth-order valence-corrected chi connectivity index (χ4v) is 1.56. The smallest absolute Gasteiger partial charge is 0.221 e. The van der Waals surface area contributed by atoms with Gasteiger partial charge in [0.15, 0.2) is 0 Å². The molecule has 0 bridgehead atoms. The van der Waals surface area contributed by atoms with Crippen molar-refractivity contribution < 1.29 is 4.74 Å². The van der Waals surface area contributed by atoms with Crippen molar-refractivity contribution in [2.24, 2.45) is 5.73 Å². The number of rotatable bonds is 6. The van der Waals surface area contributed by atoms with E-state index in [0.29, 0.717) is 18.5 Å². The van der Waals surface area contributed by atoms with Crippen LogP contribution in [-0.2, 0) is 0 Å². The molecule has 0 aromatic carbocycles. The van der Waals surface area contributed by atoms with Crippen LogP contribution in [0.3, 0.4) is 0 Å². The number of nitrogens with zero attached hydrogens (tertiary/aromatic N) is 2. The number of hydrogen-bond acceptors (Lipinski definition) is 5. The number of aromatic nitrogens is 2. The van der Waals surface area contributed by atoms with Gasteiger partial charge in [-0.25, -0.2) is 9.97 Å². The van der Waals surface area contributed by atoms with Gasteiger partial charge in [0.25, 0.3) is 0 Å². The molecule has 5 heteroatoms. The molecule has 1 aromatic heterocycles. The predicted molar refractivity (Wildman–Crippen MR) is 64.7 cm³/mol. The van der Waals surface area contributed by atoms with Gasteiger partial charge < -0.3 is 15.8 Å². The van der Waals surface area contributed by atoms with Gasteiger partial charge in [-0.1, -0.05) is 6.92 Å². The van der Waals surface area contributed by atoms with Crippen LogP contribution in [0.5, 0.6) is 5.88 Å². The van der Waals surface area contributed by atoms with Crippen molar-refractivity contribution in [2.75, 3.05) is 19.0 Å². The molecule has 1 unspecified atom stereocenters. The van der Waals surface area contributed by atoms with Gasteiger partial charge in [0.05, 0.1) is 12.7 Å². The van der Waals surface area contributed by atoms with E-state index in [1.165, 1.54) is 6.33 Å². The highest BCUT2D eigenvalue weighted by atomic mass is 16.5. The summed E-state index contributed by atoms with van der Waals surface area (Å²) >= 11 is 0. The summed E-state index contributed by atoms with van der Waals surface area (Å²) in [5, 5.41) is 3.36. The van der Waals surface area contributed by atoms with E-state index in [1.807, 2.05) is 6.92 Å². The second-order valence-electron chi connectivity index (χ2n) is 3.68. The Balaban J connectivity index is 2.79. The molecule has 0 fully saturated rings. The minimum Gasteiger partial charge on any atom is -0.481 e. The topological polar surface area (TPSA) is 73.1 Å². The molecule has 0 saturated carbocycles. The van der Waals surface area contributed by atoms with Crippen LogP contribution in [0.4, 0.5) is 5.82 Å². The molecule has 0 aliphatic carbocycles. The molecule has 3 N–H and O–H groups in total. The average Bonchev–Trinajstić information content (AvgIpc) is 2.31. The van der Waals surface area contributed by atoms with Gasteiger partial charge in [0, 0.05) is 6.04 Å². The molecule has 1 atom stereocenters. The number of nitrogens with one attached hydrogen (secondary N) is 1. The van der Waals surface area contributed by atoms with Crippen LogP contribution in [0.1, 0.15) is 25.3 Å². The molecule has 0 saturated heterocycles. The Hall–Kier alpha value is -1.36. The maximum absolute atomic E-state index is 5.56. The van der Waals surface area contributed by atoms with Crippen LogP contribution in [0.15, 0.2) is 6.33 Å². The van der Waals surface area contributed by atoms with Crippen molar-refractivity contribution in [3.8, 4) is 5.88 Å². The molecule has 16 heavy (non-hydrogen) atoms. The summed E-state index contributed by atoms with van der Waals surface area (Å²) in [6.45, 7) is 4.74. The Bertz CT molecular complexity index is 330. The molecule has 0 aliphatic rings. The van der Waals surface area contributed by atoms with E-state index in [1.54, 1.807) is 7.11 Å². The third kappa shape index (κ3) is 3.06. The first-order chi connectivity index (χ1) is 7.72. The zero-order chi connectivity index (χ0) is 12.0. The van der Waals surface area contributed by atoms with Crippen molar-refractivity contribution in [2.45, 2.75) is 32.7 Å². The normalized spacial score (nSPS) is 12.2. The Morgan fingerprint density at radius 1 is 1.50 bits per heavy atom. The van der Waals surface area contributed by atoms with Gasteiger partial charge in [-0.05, 0) is 26.3 Å². The van der Waals surface area contributed by atoms with Gasteiger partial charge in [0.2, 0.25) is 5.88 Å². The number of nitrogens with two attached hydrogens (primary N) is 1. The van der Waals surface area contributed by atoms with Crippen molar-refractivity contribution in [1.82, 2.24) is 9.97 Å². The van der Waals surface area contributed by atoms with Gasteiger partial charge in [0.1, 0.15) is 12.1 Å². The van der Waals surface area contributed by atoms with Gasteiger partial charge in [-0.3, -0.25) is 0 Å². The van der Waals surface area contributed by atoms with Crippen LogP contribution < -0.4 is 15.8 Å². The number of methoxy groups -OCH3 is 1. The van der Waals surface area contributed by atoms with Gasteiger partial charge >= 0.3 is 0 Å². The highest BCUT2D eigenvalue weighted by molar-refractivity contribution is 5.48. The summed E-state index contributed by atoms with van der Waals surface area (Å²) < 4.78 is 5.15. The van der Waals surface area contributed by atoms with E-state index in [0.717, 1.165) is 24.2 Å². The van der Waals surface area contributed by atoms with Crippen molar-refractivity contribution in [3.05, 3.63) is 11.9 Å². The zero-order valence-electron chi connectivity index (χ0n) is 10.2. The Morgan fingerprint density at radius 2 is 2.25 bits per heavy atom. The maximum atomic E-state index is 5.56. The largest absolute Gasteiger partial charge is 0.481 e. The standard InChI is InChI=1S/C11H20N4O/c1-4-9(5-6-12)15-10-8(2)11(16-3)14-7-13-10/h7,9H,4-6,12H2,1-3H3,(H,13,14,15). The van der Waals surface area contributed by atoms with Gasteiger partial charge in [-0.2, -0.15) is 0 Å².